The van der Waals surface area contributed by atoms with Crippen LogP contribution in [0.4, 0.5) is 5.82 Å². The number of nitrogens with zero attached hydrogens (tertiary/aromatic N) is 2. The predicted molar refractivity (Wildman–Crippen MR) is 97.7 cm³/mol. The molecule has 0 atom stereocenters. The molecular formula is C18H21N3O5. The lowest BCUT2D eigenvalue weighted by atomic mass is 10.2. The first kappa shape index (κ1) is 19.0. The highest BCUT2D eigenvalue weighted by Gasteiger charge is 2.13. The van der Waals surface area contributed by atoms with Gasteiger partial charge in [-0.2, -0.15) is 5.10 Å². The van der Waals surface area contributed by atoms with Gasteiger partial charge in [-0.05, 0) is 30.7 Å². The van der Waals surface area contributed by atoms with Crippen molar-refractivity contribution in [3.05, 3.63) is 41.6 Å². The van der Waals surface area contributed by atoms with Crippen molar-refractivity contribution in [1.29, 1.82) is 0 Å². The molecule has 26 heavy (non-hydrogen) atoms. The van der Waals surface area contributed by atoms with Gasteiger partial charge in [0.1, 0.15) is 5.82 Å². The molecule has 1 aromatic heterocycles. The molecule has 0 fully saturated rings. The molecule has 0 bridgehead atoms. The number of hydrogen-bond donors (Lipinski definition) is 2. The molecule has 0 unspecified atom stereocenters. The molecule has 0 aliphatic rings. The summed E-state index contributed by atoms with van der Waals surface area (Å²) < 4.78 is 16.4. The molecule has 1 aromatic carbocycles. The van der Waals surface area contributed by atoms with Gasteiger partial charge in [0, 0.05) is 11.8 Å². The van der Waals surface area contributed by atoms with Crippen LogP contribution in [0.2, 0.25) is 0 Å². The van der Waals surface area contributed by atoms with Gasteiger partial charge in [0.05, 0.1) is 32.6 Å². The Bertz CT molecular complexity index is 750. The summed E-state index contributed by atoms with van der Waals surface area (Å²) in [7, 11) is 3.11. The molecule has 0 aliphatic carbocycles. The zero-order valence-corrected chi connectivity index (χ0v) is 14.9. The van der Waals surface area contributed by atoms with Gasteiger partial charge in [-0.25, -0.2) is 9.78 Å². The van der Waals surface area contributed by atoms with Gasteiger partial charge < -0.3 is 19.3 Å². The van der Waals surface area contributed by atoms with Crippen LogP contribution in [0, 0.1) is 0 Å². The normalized spacial score (nSPS) is 10.6. The van der Waals surface area contributed by atoms with Gasteiger partial charge in [-0.1, -0.05) is 6.92 Å². The van der Waals surface area contributed by atoms with Gasteiger partial charge in [-0.15, -0.1) is 0 Å². The number of benzene rings is 1. The Morgan fingerprint density at radius 1 is 1.27 bits per heavy atom. The summed E-state index contributed by atoms with van der Waals surface area (Å²) >= 11 is 0. The second-order valence-corrected chi connectivity index (χ2v) is 5.21. The number of ether oxygens (including phenoxy) is 3. The number of pyridine rings is 1. The average molecular weight is 359 g/mol. The zero-order chi connectivity index (χ0) is 18.9. The molecule has 8 heteroatoms. The first-order chi connectivity index (χ1) is 12.6. The molecule has 2 rings (SSSR count). The Kier molecular flexibility index (Phi) is 6.78. The highest BCUT2D eigenvalue weighted by atomic mass is 16.5. The fourth-order valence-corrected chi connectivity index (χ4v) is 2.08. The summed E-state index contributed by atoms with van der Waals surface area (Å²) in [6.45, 7) is 2.57. The molecule has 0 aliphatic heterocycles. The van der Waals surface area contributed by atoms with E-state index in [1.807, 2.05) is 6.92 Å². The highest BCUT2D eigenvalue weighted by Crippen LogP contribution is 2.38. The van der Waals surface area contributed by atoms with Crippen LogP contribution < -0.4 is 19.6 Å². The van der Waals surface area contributed by atoms with Crippen molar-refractivity contribution < 1.29 is 24.1 Å². The lowest BCUT2D eigenvalue weighted by Gasteiger charge is -2.14. The van der Waals surface area contributed by atoms with E-state index in [1.54, 1.807) is 32.6 Å². The van der Waals surface area contributed by atoms with Crippen LogP contribution >= 0.6 is 0 Å². The number of methoxy groups -OCH3 is 2. The van der Waals surface area contributed by atoms with E-state index < -0.39 is 5.97 Å². The van der Waals surface area contributed by atoms with Crippen LogP contribution in [0.5, 0.6) is 17.2 Å². The summed E-state index contributed by atoms with van der Waals surface area (Å²) in [6.07, 6.45) is 3.70. The van der Waals surface area contributed by atoms with Crippen LogP contribution in [0.15, 0.2) is 35.6 Å². The van der Waals surface area contributed by atoms with Crippen molar-refractivity contribution in [2.75, 3.05) is 26.3 Å². The van der Waals surface area contributed by atoms with E-state index in [9.17, 15) is 4.79 Å². The molecule has 1 heterocycles. The Balaban J connectivity index is 2.15. The van der Waals surface area contributed by atoms with Crippen molar-refractivity contribution in [2.45, 2.75) is 13.3 Å². The Labute approximate surface area is 151 Å². The van der Waals surface area contributed by atoms with Gasteiger partial charge in [0.25, 0.3) is 0 Å². The van der Waals surface area contributed by atoms with Crippen molar-refractivity contribution in [1.82, 2.24) is 4.98 Å². The van der Waals surface area contributed by atoms with Gasteiger partial charge in [0.2, 0.25) is 5.75 Å². The van der Waals surface area contributed by atoms with E-state index in [-0.39, 0.29) is 5.56 Å². The maximum Gasteiger partial charge on any atom is 0.337 e. The molecule has 2 N–H and O–H groups in total. The number of carbonyl (C=O) groups is 1. The van der Waals surface area contributed by atoms with E-state index >= 15 is 0 Å². The van der Waals surface area contributed by atoms with E-state index in [0.29, 0.717) is 29.7 Å². The zero-order valence-electron chi connectivity index (χ0n) is 14.9. The molecule has 8 nitrogen and oxygen atoms in total. The number of nitrogens with one attached hydrogen (secondary N) is 1. The monoisotopic (exact) mass is 359 g/mol. The van der Waals surface area contributed by atoms with Crippen LogP contribution in [0.25, 0.3) is 0 Å². The Morgan fingerprint density at radius 3 is 2.46 bits per heavy atom. The third kappa shape index (κ3) is 4.85. The summed E-state index contributed by atoms with van der Waals surface area (Å²) in [5.41, 5.74) is 3.58. The number of hydrazone groups is 1. The number of aromatic nitrogens is 1. The van der Waals surface area contributed by atoms with Gasteiger partial charge in [-0.3, -0.25) is 5.43 Å². The topological polar surface area (TPSA) is 102 Å². The summed E-state index contributed by atoms with van der Waals surface area (Å²) in [4.78, 5) is 14.8. The maximum absolute atomic E-state index is 10.8. The number of carboxylic acid groups (broad SMARTS) is 1. The molecular weight excluding hydrogens is 338 g/mol. The van der Waals surface area contributed by atoms with E-state index in [0.717, 1.165) is 12.0 Å². The molecule has 2 aromatic rings. The van der Waals surface area contributed by atoms with Crippen LogP contribution in [-0.2, 0) is 0 Å². The third-order valence-electron chi connectivity index (χ3n) is 3.34. The second kappa shape index (κ2) is 9.26. The molecule has 0 spiro atoms. The number of carboxylic acids is 1. The molecule has 0 saturated heterocycles. The number of aromatic carboxylic acids is 1. The molecule has 0 amide bonds. The minimum Gasteiger partial charge on any atom is -0.493 e. The lowest BCUT2D eigenvalue weighted by molar-refractivity contribution is 0.0696. The Hall–Kier alpha value is -3.29. The quantitative estimate of drug-likeness (QED) is 0.524. The van der Waals surface area contributed by atoms with Crippen molar-refractivity contribution in [3.63, 3.8) is 0 Å². The van der Waals surface area contributed by atoms with Crippen LogP contribution in [-0.4, -0.2) is 43.1 Å². The summed E-state index contributed by atoms with van der Waals surface area (Å²) in [5.74, 6) is 1.03. The fraction of sp³-hybridized carbons (Fsp3) is 0.278. The minimum absolute atomic E-state index is 0.108. The largest absolute Gasteiger partial charge is 0.493 e. The minimum atomic E-state index is -1.03. The summed E-state index contributed by atoms with van der Waals surface area (Å²) in [5, 5.41) is 12.9. The average Bonchev–Trinajstić information content (AvgIpc) is 2.66. The number of hydrogen-bond acceptors (Lipinski definition) is 7. The van der Waals surface area contributed by atoms with Gasteiger partial charge >= 0.3 is 5.97 Å². The van der Waals surface area contributed by atoms with Crippen LogP contribution in [0.3, 0.4) is 0 Å². The second-order valence-electron chi connectivity index (χ2n) is 5.21. The van der Waals surface area contributed by atoms with Crippen LogP contribution in [0.1, 0.15) is 29.3 Å². The summed E-state index contributed by atoms with van der Waals surface area (Å²) in [6, 6.07) is 6.53. The van der Waals surface area contributed by atoms with Crippen molar-refractivity contribution in [2.24, 2.45) is 5.10 Å². The highest BCUT2D eigenvalue weighted by molar-refractivity contribution is 5.87. The van der Waals surface area contributed by atoms with E-state index in [4.69, 9.17) is 19.3 Å². The maximum atomic E-state index is 10.8. The first-order valence-electron chi connectivity index (χ1n) is 7.96. The number of rotatable bonds is 9. The third-order valence-corrected chi connectivity index (χ3v) is 3.34. The van der Waals surface area contributed by atoms with Gasteiger partial charge in [0.15, 0.2) is 11.5 Å². The van der Waals surface area contributed by atoms with Crippen molar-refractivity contribution in [3.8, 4) is 17.2 Å². The molecule has 0 saturated carbocycles. The Morgan fingerprint density at radius 2 is 1.96 bits per heavy atom. The first-order valence-corrected chi connectivity index (χ1v) is 7.96. The predicted octanol–water partition coefficient (Wildman–Crippen LogP) is 3.03. The molecule has 0 radical (unpaired) electrons. The molecule has 138 valence electrons. The van der Waals surface area contributed by atoms with E-state index in [1.165, 1.54) is 18.3 Å². The standard InChI is InChI=1S/C18H21N3O5/c1-4-7-26-17-14(24-2)8-12(9-15(17)25-3)10-20-21-16-6-5-13(11-19-16)18(22)23/h5-6,8-11H,4,7H2,1-3H3,(H,19,21)(H,22,23)/b20-10+. The SMILES string of the molecule is CCCOc1c(OC)cc(/C=N/Nc2ccc(C(=O)O)cn2)cc1OC. The smallest absolute Gasteiger partial charge is 0.337 e. The van der Waals surface area contributed by atoms with Crippen molar-refractivity contribution >= 4 is 18.0 Å². The lowest BCUT2D eigenvalue weighted by Crippen LogP contribution is -2.02. The fourth-order valence-electron chi connectivity index (χ4n) is 2.08. The number of anilines is 1. The van der Waals surface area contributed by atoms with E-state index in [2.05, 4.69) is 15.5 Å².